The highest BCUT2D eigenvalue weighted by atomic mass is 16.4. The van der Waals surface area contributed by atoms with E-state index < -0.39 is 5.97 Å². The zero-order chi connectivity index (χ0) is 10.1. The maximum Gasteiger partial charge on any atom is 0.303 e. The second kappa shape index (κ2) is 8.09. The Bertz CT molecular complexity index is 132. The van der Waals surface area contributed by atoms with Crippen molar-refractivity contribution in [3.63, 3.8) is 0 Å². The van der Waals surface area contributed by atoms with E-state index in [-0.39, 0.29) is 0 Å². The Kier molecular flexibility index (Phi) is 7.76. The van der Waals surface area contributed by atoms with Crippen LogP contribution >= 0.6 is 0 Å². The molecule has 0 bridgehead atoms. The monoisotopic (exact) mass is 186 g/mol. The Morgan fingerprint density at radius 3 is 2.38 bits per heavy atom. The summed E-state index contributed by atoms with van der Waals surface area (Å²) < 4.78 is 0. The Labute approximate surface area is 81.3 Å². The van der Waals surface area contributed by atoms with Gasteiger partial charge >= 0.3 is 5.97 Å². The van der Waals surface area contributed by atoms with E-state index in [0.717, 1.165) is 6.42 Å². The number of carboxylic acids is 1. The van der Waals surface area contributed by atoms with Crippen molar-refractivity contribution in [1.29, 1.82) is 0 Å². The average molecular weight is 186 g/mol. The summed E-state index contributed by atoms with van der Waals surface area (Å²) in [4.78, 5) is 10.3. The van der Waals surface area contributed by atoms with Crippen molar-refractivity contribution in [2.75, 3.05) is 0 Å². The van der Waals surface area contributed by atoms with Gasteiger partial charge in [-0.25, -0.2) is 0 Å². The maximum absolute atomic E-state index is 10.3. The Morgan fingerprint density at radius 2 is 1.85 bits per heavy atom. The summed E-state index contributed by atoms with van der Waals surface area (Å²) in [5, 5.41) is 8.52. The van der Waals surface area contributed by atoms with Crippen molar-refractivity contribution < 1.29 is 9.90 Å². The van der Waals surface area contributed by atoms with Gasteiger partial charge in [-0.05, 0) is 5.92 Å². The van der Waals surface area contributed by atoms with Crippen LogP contribution in [0.25, 0.3) is 0 Å². The van der Waals surface area contributed by atoms with Gasteiger partial charge in [-0.2, -0.15) is 0 Å². The van der Waals surface area contributed by atoms with Crippen LogP contribution in [0.3, 0.4) is 0 Å². The first-order valence-electron chi connectivity index (χ1n) is 5.38. The van der Waals surface area contributed by atoms with Crippen LogP contribution in [0.2, 0.25) is 0 Å². The summed E-state index contributed by atoms with van der Waals surface area (Å²) >= 11 is 0. The Morgan fingerprint density at radius 1 is 1.23 bits per heavy atom. The highest BCUT2D eigenvalue weighted by molar-refractivity contribution is 5.66. The number of unbranched alkanes of at least 4 members (excludes halogenated alkanes) is 4. The molecule has 0 saturated carbocycles. The first-order chi connectivity index (χ1) is 6.16. The second-order valence-corrected chi connectivity index (χ2v) is 3.91. The van der Waals surface area contributed by atoms with E-state index in [4.69, 9.17) is 5.11 Å². The van der Waals surface area contributed by atoms with E-state index in [1.807, 2.05) is 6.92 Å². The molecule has 0 aromatic carbocycles. The molecule has 1 atom stereocenters. The predicted octanol–water partition coefficient (Wildman–Crippen LogP) is 3.46. The highest BCUT2D eigenvalue weighted by Gasteiger charge is 2.06. The van der Waals surface area contributed by atoms with E-state index in [1.165, 1.54) is 32.1 Å². The van der Waals surface area contributed by atoms with Gasteiger partial charge in [-0.1, -0.05) is 52.4 Å². The van der Waals surface area contributed by atoms with Crippen LogP contribution < -0.4 is 0 Å². The van der Waals surface area contributed by atoms with Crippen molar-refractivity contribution in [2.24, 2.45) is 5.92 Å². The van der Waals surface area contributed by atoms with Gasteiger partial charge in [0.05, 0.1) is 0 Å². The van der Waals surface area contributed by atoms with Gasteiger partial charge in [0, 0.05) is 6.42 Å². The van der Waals surface area contributed by atoms with Gasteiger partial charge in [0.2, 0.25) is 0 Å². The van der Waals surface area contributed by atoms with Gasteiger partial charge in [-0.3, -0.25) is 4.79 Å². The fraction of sp³-hybridized carbons (Fsp3) is 0.909. The molecule has 0 heterocycles. The van der Waals surface area contributed by atoms with Gasteiger partial charge in [0.1, 0.15) is 0 Å². The number of hydrogen-bond acceptors (Lipinski definition) is 1. The molecule has 0 aliphatic heterocycles. The third kappa shape index (κ3) is 9.38. The van der Waals surface area contributed by atoms with Crippen molar-refractivity contribution >= 4 is 5.97 Å². The molecule has 1 N–H and O–H groups in total. The second-order valence-electron chi connectivity index (χ2n) is 3.91. The third-order valence-electron chi connectivity index (χ3n) is 2.32. The average Bonchev–Trinajstić information content (AvgIpc) is 2.02. The lowest BCUT2D eigenvalue weighted by Crippen LogP contribution is -2.03. The fourth-order valence-electron chi connectivity index (χ4n) is 1.50. The molecule has 0 fully saturated rings. The molecule has 0 rings (SSSR count). The van der Waals surface area contributed by atoms with E-state index in [0.29, 0.717) is 12.3 Å². The smallest absolute Gasteiger partial charge is 0.303 e. The Hall–Kier alpha value is -0.530. The normalized spacial score (nSPS) is 12.8. The number of aliphatic carboxylic acids is 1. The summed E-state index contributed by atoms with van der Waals surface area (Å²) in [6.45, 7) is 4.22. The van der Waals surface area contributed by atoms with Gasteiger partial charge in [-0.15, -0.1) is 0 Å². The molecular formula is C11H22O2. The van der Waals surface area contributed by atoms with Crippen molar-refractivity contribution in [2.45, 2.75) is 58.8 Å². The maximum atomic E-state index is 10.3. The number of rotatable bonds is 8. The number of hydrogen-bond donors (Lipinski definition) is 1. The van der Waals surface area contributed by atoms with E-state index in [9.17, 15) is 4.79 Å². The minimum absolute atomic E-state index is 0.327. The van der Waals surface area contributed by atoms with Crippen molar-refractivity contribution in [1.82, 2.24) is 0 Å². The standard InChI is InChI=1S/C11H22O2/c1-3-4-5-6-7-8-10(2)9-11(12)13/h10H,3-9H2,1-2H3,(H,12,13). The van der Waals surface area contributed by atoms with Crippen LogP contribution in [-0.4, -0.2) is 11.1 Å². The lowest BCUT2D eigenvalue weighted by molar-refractivity contribution is -0.138. The molecule has 0 aromatic rings. The van der Waals surface area contributed by atoms with Crippen molar-refractivity contribution in [3.8, 4) is 0 Å². The van der Waals surface area contributed by atoms with Crippen LogP contribution in [0.15, 0.2) is 0 Å². The predicted molar refractivity (Wildman–Crippen MR) is 54.8 cm³/mol. The fourth-order valence-corrected chi connectivity index (χ4v) is 1.50. The molecule has 78 valence electrons. The molecule has 2 nitrogen and oxygen atoms in total. The first-order valence-corrected chi connectivity index (χ1v) is 5.38. The molecule has 13 heavy (non-hydrogen) atoms. The van der Waals surface area contributed by atoms with E-state index >= 15 is 0 Å². The molecule has 1 unspecified atom stereocenters. The summed E-state index contributed by atoms with van der Waals surface area (Å²) in [5.41, 5.74) is 0. The molecule has 0 aromatic heterocycles. The summed E-state index contributed by atoms with van der Waals surface area (Å²) in [6, 6.07) is 0. The zero-order valence-electron chi connectivity index (χ0n) is 8.88. The molecule has 0 radical (unpaired) electrons. The molecule has 0 saturated heterocycles. The minimum Gasteiger partial charge on any atom is -0.481 e. The topological polar surface area (TPSA) is 37.3 Å². The zero-order valence-corrected chi connectivity index (χ0v) is 8.88. The first kappa shape index (κ1) is 12.5. The van der Waals surface area contributed by atoms with Crippen LogP contribution in [0.4, 0.5) is 0 Å². The number of carboxylic acid groups (broad SMARTS) is 1. The summed E-state index contributed by atoms with van der Waals surface area (Å²) in [7, 11) is 0. The SMILES string of the molecule is CCCCCCCC(C)CC(=O)O. The highest BCUT2D eigenvalue weighted by Crippen LogP contribution is 2.13. The minimum atomic E-state index is -0.666. The molecule has 0 aliphatic carbocycles. The van der Waals surface area contributed by atoms with Gasteiger partial charge in [0.15, 0.2) is 0 Å². The van der Waals surface area contributed by atoms with Gasteiger partial charge in [0.25, 0.3) is 0 Å². The summed E-state index contributed by atoms with van der Waals surface area (Å²) in [5.74, 6) is -0.319. The largest absolute Gasteiger partial charge is 0.481 e. The lowest BCUT2D eigenvalue weighted by Gasteiger charge is -2.07. The molecule has 0 amide bonds. The lowest BCUT2D eigenvalue weighted by atomic mass is 9.99. The molecule has 2 heteroatoms. The van der Waals surface area contributed by atoms with Crippen molar-refractivity contribution in [3.05, 3.63) is 0 Å². The molecular weight excluding hydrogens is 164 g/mol. The number of carbonyl (C=O) groups is 1. The van der Waals surface area contributed by atoms with Gasteiger partial charge < -0.3 is 5.11 Å². The van der Waals surface area contributed by atoms with Crippen LogP contribution in [0.1, 0.15) is 58.8 Å². The summed E-state index contributed by atoms with van der Waals surface area (Å²) in [6.07, 6.45) is 7.73. The quantitative estimate of drug-likeness (QED) is 0.589. The Balaban J connectivity index is 3.17. The van der Waals surface area contributed by atoms with Crippen LogP contribution in [0, 0.1) is 5.92 Å². The van der Waals surface area contributed by atoms with Crippen LogP contribution in [0.5, 0.6) is 0 Å². The molecule has 0 aliphatic rings. The third-order valence-corrected chi connectivity index (χ3v) is 2.32. The van der Waals surface area contributed by atoms with E-state index in [2.05, 4.69) is 6.92 Å². The molecule has 0 spiro atoms. The van der Waals surface area contributed by atoms with E-state index in [1.54, 1.807) is 0 Å². The van der Waals surface area contributed by atoms with Crippen LogP contribution in [-0.2, 0) is 4.79 Å².